The molecule has 1 aromatic heterocycles. The van der Waals surface area contributed by atoms with E-state index in [1.54, 1.807) is 11.1 Å². The van der Waals surface area contributed by atoms with Crippen LogP contribution in [0.15, 0.2) is 34.9 Å². The molecular formula is C13H11BrN2O2. The van der Waals surface area contributed by atoms with Gasteiger partial charge in [-0.15, -0.1) is 0 Å². The van der Waals surface area contributed by atoms with E-state index in [2.05, 4.69) is 20.9 Å². The summed E-state index contributed by atoms with van der Waals surface area (Å²) in [4.78, 5) is 17.8. The Bertz CT molecular complexity index is 629. The number of nitrogens with zero attached hydrogens (tertiary/aromatic N) is 2. The number of aliphatic hydroxyl groups excluding tert-OH is 1. The van der Waals surface area contributed by atoms with E-state index >= 15 is 0 Å². The quantitative estimate of drug-likeness (QED) is 0.878. The average molecular weight is 307 g/mol. The third-order valence-corrected chi connectivity index (χ3v) is 3.73. The van der Waals surface area contributed by atoms with Crippen LogP contribution in [0.25, 0.3) is 10.9 Å². The molecule has 92 valence electrons. The second-order valence-electron chi connectivity index (χ2n) is 4.33. The molecule has 0 saturated carbocycles. The third-order valence-electron chi connectivity index (χ3n) is 3.09. The van der Waals surface area contributed by atoms with Crippen LogP contribution in [0, 0.1) is 0 Å². The summed E-state index contributed by atoms with van der Waals surface area (Å²) in [6.07, 6.45) is 1.34. The molecule has 5 heteroatoms. The van der Waals surface area contributed by atoms with Gasteiger partial charge in [-0.3, -0.25) is 9.78 Å². The van der Waals surface area contributed by atoms with Crippen molar-refractivity contribution >= 4 is 38.4 Å². The predicted molar refractivity (Wildman–Crippen MR) is 72.4 cm³/mol. The summed E-state index contributed by atoms with van der Waals surface area (Å²) in [7, 11) is 0. The zero-order valence-electron chi connectivity index (χ0n) is 9.51. The molecule has 2 heterocycles. The molecule has 1 N–H and O–H groups in total. The zero-order chi connectivity index (χ0) is 12.7. The number of rotatable bonds is 1. The fraction of sp³-hybridized carbons (Fsp3) is 0.231. The molecule has 1 aliphatic heterocycles. The third kappa shape index (κ3) is 1.79. The molecule has 3 rings (SSSR count). The molecule has 1 atom stereocenters. The highest BCUT2D eigenvalue weighted by molar-refractivity contribution is 9.10. The number of β-amino-alcohol motifs (C(OH)–C–C–N with tert-alkyl or cyclic N) is 1. The fourth-order valence-corrected chi connectivity index (χ4v) is 2.73. The molecule has 1 saturated heterocycles. The minimum absolute atomic E-state index is 0.0463. The van der Waals surface area contributed by atoms with Crippen LogP contribution in [0.1, 0.15) is 6.42 Å². The smallest absolute Gasteiger partial charge is 0.229 e. The maximum atomic E-state index is 11.8. The largest absolute Gasteiger partial charge is 0.391 e. The average Bonchev–Trinajstić information content (AvgIpc) is 2.69. The van der Waals surface area contributed by atoms with Crippen molar-refractivity contribution in [1.82, 2.24) is 4.98 Å². The summed E-state index contributed by atoms with van der Waals surface area (Å²) < 4.78 is 0.897. The molecule has 1 aliphatic rings. The highest BCUT2D eigenvalue weighted by Gasteiger charge is 2.30. The van der Waals surface area contributed by atoms with Gasteiger partial charge in [0.2, 0.25) is 5.91 Å². The number of anilines is 1. The lowest BCUT2D eigenvalue weighted by molar-refractivity contribution is -0.117. The molecule has 0 spiro atoms. The number of aliphatic hydroxyl groups is 1. The Morgan fingerprint density at radius 1 is 1.39 bits per heavy atom. The number of halogens is 1. The Balaban J connectivity index is 2.18. The van der Waals surface area contributed by atoms with Crippen molar-refractivity contribution in [3.63, 3.8) is 0 Å². The van der Waals surface area contributed by atoms with Gasteiger partial charge in [0, 0.05) is 16.1 Å². The normalized spacial score (nSPS) is 19.8. The van der Waals surface area contributed by atoms with Gasteiger partial charge in [0.25, 0.3) is 0 Å². The van der Waals surface area contributed by atoms with Crippen LogP contribution in [-0.4, -0.2) is 28.6 Å². The molecule has 18 heavy (non-hydrogen) atoms. The number of benzene rings is 1. The van der Waals surface area contributed by atoms with Gasteiger partial charge in [-0.2, -0.15) is 0 Å². The minimum atomic E-state index is -0.576. The maximum Gasteiger partial charge on any atom is 0.229 e. The summed E-state index contributed by atoms with van der Waals surface area (Å²) in [6, 6.07) is 7.53. The number of fused-ring (bicyclic) bond motifs is 1. The van der Waals surface area contributed by atoms with Gasteiger partial charge < -0.3 is 10.0 Å². The number of aromatic nitrogens is 1. The molecule has 0 aliphatic carbocycles. The first-order chi connectivity index (χ1) is 8.66. The number of pyridine rings is 1. The number of hydrogen-bond donors (Lipinski definition) is 1. The predicted octanol–water partition coefficient (Wildman–Crippen LogP) is 2.09. The van der Waals surface area contributed by atoms with Crippen molar-refractivity contribution in [2.24, 2.45) is 0 Å². The Morgan fingerprint density at radius 3 is 2.94 bits per heavy atom. The standard InChI is InChI=1S/C13H11BrN2O2/c14-10-3-4-11(9-2-1-5-15-13(9)10)16-7-8(17)6-12(16)18/h1-5,8,17H,6-7H2. The van der Waals surface area contributed by atoms with E-state index in [9.17, 15) is 9.90 Å². The monoisotopic (exact) mass is 306 g/mol. The molecule has 2 aromatic rings. The maximum absolute atomic E-state index is 11.8. The SMILES string of the molecule is O=C1CC(O)CN1c1ccc(Br)c2ncccc12. The summed E-state index contributed by atoms with van der Waals surface area (Å²) in [6.45, 7) is 0.352. The van der Waals surface area contributed by atoms with Crippen molar-refractivity contribution in [2.45, 2.75) is 12.5 Å². The lowest BCUT2D eigenvalue weighted by Gasteiger charge is -2.18. The Kier molecular flexibility index (Phi) is 2.80. The molecule has 1 aromatic carbocycles. The van der Waals surface area contributed by atoms with E-state index in [0.717, 1.165) is 21.1 Å². The van der Waals surface area contributed by atoms with Gasteiger partial charge in [-0.05, 0) is 40.2 Å². The molecule has 0 bridgehead atoms. The van der Waals surface area contributed by atoms with Crippen LogP contribution < -0.4 is 4.90 Å². The van der Waals surface area contributed by atoms with Crippen LogP contribution >= 0.6 is 15.9 Å². The van der Waals surface area contributed by atoms with Gasteiger partial charge in [0.15, 0.2) is 0 Å². The first kappa shape index (κ1) is 11.6. The van der Waals surface area contributed by atoms with Crippen LogP contribution in [0.3, 0.4) is 0 Å². The van der Waals surface area contributed by atoms with E-state index in [1.807, 2.05) is 24.3 Å². The summed E-state index contributed by atoms with van der Waals surface area (Å²) in [5.41, 5.74) is 1.63. The first-order valence-electron chi connectivity index (χ1n) is 5.68. The van der Waals surface area contributed by atoms with Crippen molar-refractivity contribution in [2.75, 3.05) is 11.4 Å². The summed E-state index contributed by atoms with van der Waals surface area (Å²) in [5.74, 6) is -0.0463. The molecule has 1 fully saturated rings. The fourth-order valence-electron chi connectivity index (χ4n) is 2.28. The second kappa shape index (κ2) is 4.33. The number of carbonyl (C=O) groups is 1. The number of hydrogen-bond acceptors (Lipinski definition) is 3. The highest BCUT2D eigenvalue weighted by atomic mass is 79.9. The van der Waals surface area contributed by atoms with Crippen LogP contribution in [0.5, 0.6) is 0 Å². The van der Waals surface area contributed by atoms with Crippen molar-refractivity contribution in [3.8, 4) is 0 Å². The van der Waals surface area contributed by atoms with Gasteiger partial charge in [-0.1, -0.05) is 0 Å². The molecule has 1 unspecified atom stereocenters. The lowest BCUT2D eigenvalue weighted by atomic mass is 10.1. The van der Waals surface area contributed by atoms with E-state index in [-0.39, 0.29) is 12.3 Å². The Hall–Kier alpha value is -1.46. The second-order valence-corrected chi connectivity index (χ2v) is 5.18. The van der Waals surface area contributed by atoms with Crippen LogP contribution in [0.4, 0.5) is 5.69 Å². The Labute approximate surface area is 112 Å². The van der Waals surface area contributed by atoms with Gasteiger partial charge in [-0.25, -0.2) is 0 Å². The molecular weight excluding hydrogens is 296 g/mol. The van der Waals surface area contributed by atoms with E-state index < -0.39 is 6.10 Å². The number of amides is 1. The lowest BCUT2D eigenvalue weighted by Crippen LogP contribution is -2.25. The van der Waals surface area contributed by atoms with Gasteiger partial charge >= 0.3 is 0 Å². The zero-order valence-corrected chi connectivity index (χ0v) is 11.1. The number of carbonyl (C=O) groups excluding carboxylic acids is 1. The van der Waals surface area contributed by atoms with E-state index in [4.69, 9.17) is 0 Å². The Morgan fingerprint density at radius 2 is 2.22 bits per heavy atom. The van der Waals surface area contributed by atoms with Crippen molar-refractivity contribution in [1.29, 1.82) is 0 Å². The topological polar surface area (TPSA) is 53.4 Å². The van der Waals surface area contributed by atoms with Crippen molar-refractivity contribution in [3.05, 3.63) is 34.9 Å². The van der Waals surface area contributed by atoms with Crippen LogP contribution in [-0.2, 0) is 4.79 Å². The minimum Gasteiger partial charge on any atom is -0.391 e. The van der Waals surface area contributed by atoms with E-state index in [0.29, 0.717) is 6.54 Å². The molecule has 4 nitrogen and oxygen atoms in total. The van der Waals surface area contributed by atoms with Crippen LogP contribution in [0.2, 0.25) is 0 Å². The summed E-state index contributed by atoms with van der Waals surface area (Å²) >= 11 is 3.45. The molecule has 1 amide bonds. The van der Waals surface area contributed by atoms with Gasteiger partial charge in [0.05, 0.1) is 30.3 Å². The van der Waals surface area contributed by atoms with E-state index in [1.165, 1.54) is 0 Å². The van der Waals surface area contributed by atoms with Gasteiger partial charge in [0.1, 0.15) is 0 Å². The molecule has 0 radical (unpaired) electrons. The van der Waals surface area contributed by atoms with Crippen molar-refractivity contribution < 1.29 is 9.90 Å². The first-order valence-corrected chi connectivity index (χ1v) is 6.48. The highest BCUT2D eigenvalue weighted by Crippen LogP contribution is 2.32. The summed E-state index contributed by atoms with van der Waals surface area (Å²) in [5, 5.41) is 10.5.